The molecule has 0 aliphatic heterocycles. The van der Waals surface area contributed by atoms with Crippen molar-refractivity contribution in [1.29, 1.82) is 0 Å². The molecule has 0 fully saturated rings. The predicted octanol–water partition coefficient (Wildman–Crippen LogP) is 2.03. The third kappa shape index (κ3) is 4.71. The van der Waals surface area contributed by atoms with Crippen molar-refractivity contribution in [2.75, 3.05) is 19.0 Å². The predicted molar refractivity (Wildman–Crippen MR) is 76.9 cm³/mol. The first-order chi connectivity index (χ1) is 9.26. The van der Waals surface area contributed by atoms with E-state index in [4.69, 9.17) is 20.3 Å². The molecule has 0 aliphatic rings. The normalized spacial score (nSPS) is 12.7. The highest BCUT2D eigenvalue weighted by Crippen LogP contribution is 2.27. The number of benzene rings is 1. The van der Waals surface area contributed by atoms with Gasteiger partial charge in [-0.25, -0.2) is 4.79 Å². The maximum atomic E-state index is 11.7. The maximum absolute atomic E-state index is 11.7. The molecule has 6 nitrogen and oxygen atoms in total. The maximum Gasteiger partial charge on any atom is 0.412 e. The van der Waals surface area contributed by atoms with E-state index in [9.17, 15) is 4.79 Å². The summed E-state index contributed by atoms with van der Waals surface area (Å²) in [5.41, 5.74) is 6.40. The first-order valence-electron chi connectivity index (χ1n) is 6.31. The lowest BCUT2D eigenvalue weighted by Crippen LogP contribution is -2.27. The molecule has 0 bridgehead atoms. The van der Waals surface area contributed by atoms with E-state index in [1.54, 1.807) is 39.0 Å². The van der Waals surface area contributed by atoms with Gasteiger partial charge in [0.25, 0.3) is 0 Å². The van der Waals surface area contributed by atoms with E-state index in [1.807, 2.05) is 0 Å². The highest BCUT2D eigenvalue weighted by atomic mass is 16.6. The van der Waals surface area contributed by atoms with Crippen molar-refractivity contribution in [3.63, 3.8) is 0 Å². The number of carbonyl (C=O) groups is 1. The highest BCUT2D eigenvalue weighted by molar-refractivity contribution is 5.85. The molecule has 0 spiro atoms. The van der Waals surface area contributed by atoms with Gasteiger partial charge in [-0.1, -0.05) is 6.07 Å². The van der Waals surface area contributed by atoms with Crippen LogP contribution < -0.4 is 15.8 Å². The second kappa shape index (κ2) is 6.58. The summed E-state index contributed by atoms with van der Waals surface area (Å²) in [4.78, 5) is 11.7. The first kappa shape index (κ1) is 16.3. The Hall–Kier alpha value is -1.79. The zero-order chi connectivity index (χ0) is 15.3. The molecule has 1 aromatic carbocycles. The third-order valence-corrected chi connectivity index (χ3v) is 2.47. The van der Waals surface area contributed by atoms with E-state index >= 15 is 0 Å². The summed E-state index contributed by atoms with van der Waals surface area (Å²) < 4.78 is 10.4. The number of rotatable bonds is 4. The van der Waals surface area contributed by atoms with Crippen LogP contribution >= 0.6 is 0 Å². The van der Waals surface area contributed by atoms with Crippen LogP contribution in [0.4, 0.5) is 10.5 Å². The number of carbonyl (C=O) groups excluding carboxylic acids is 1. The van der Waals surface area contributed by atoms with Crippen molar-refractivity contribution in [2.24, 2.45) is 5.73 Å². The van der Waals surface area contributed by atoms with Crippen LogP contribution in [0.3, 0.4) is 0 Å². The van der Waals surface area contributed by atoms with Crippen LogP contribution in [0.15, 0.2) is 18.2 Å². The number of methoxy groups -OCH3 is 1. The molecule has 0 aromatic heterocycles. The SMILES string of the molecule is COc1cc(NC(=O)OC(C)(C)C)ccc1C(N)CO. The Morgan fingerprint density at radius 3 is 2.60 bits per heavy atom. The van der Waals surface area contributed by atoms with Crippen LogP contribution in [0.1, 0.15) is 32.4 Å². The number of nitrogens with two attached hydrogens (primary N) is 1. The van der Waals surface area contributed by atoms with Crippen LogP contribution in [0.25, 0.3) is 0 Å². The number of aliphatic hydroxyl groups excluding tert-OH is 1. The van der Waals surface area contributed by atoms with Crippen molar-refractivity contribution >= 4 is 11.8 Å². The van der Waals surface area contributed by atoms with Gasteiger partial charge in [-0.2, -0.15) is 0 Å². The van der Waals surface area contributed by atoms with Crippen LogP contribution in [-0.2, 0) is 4.74 Å². The van der Waals surface area contributed by atoms with Gasteiger partial charge in [0.1, 0.15) is 11.4 Å². The molecule has 0 heterocycles. The van der Waals surface area contributed by atoms with E-state index in [1.165, 1.54) is 7.11 Å². The Balaban J connectivity index is 2.85. The van der Waals surface area contributed by atoms with Gasteiger partial charge in [0.15, 0.2) is 0 Å². The Morgan fingerprint density at radius 2 is 2.10 bits per heavy atom. The second-order valence-electron chi connectivity index (χ2n) is 5.37. The number of amides is 1. The monoisotopic (exact) mass is 282 g/mol. The van der Waals surface area contributed by atoms with E-state index in [0.29, 0.717) is 17.0 Å². The van der Waals surface area contributed by atoms with E-state index in [2.05, 4.69) is 5.32 Å². The summed E-state index contributed by atoms with van der Waals surface area (Å²) in [6.07, 6.45) is -0.543. The number of aliphatic hydroxyl groups is 1. The minimum atomic E-state index is -0.562. The van der Waals surface area contributed by atoms with Gasteiger partial charge >= 0.3 is 6.09 Å². The van der Waals surface area contributed by atoms with Crippen molar-refractivity contribution in [2.45, 2.75) is 32.4 Å². The first-order valence-corrected chi connectivity index (χ1v) is 6.31. The molecular weight excluding hydrogens is 260 g/mol. The quantitative estimate of drug-likeness (QED) is 0.785. The summed E-state index contributed by atoms with van der Waals surface area (Å²) in [6, 6.07) is 4.49. The standard InChI is InChI=1S/C14H22N2O4/c1-14(2,3)20-13(18)16-9-5-6-10(11(15)8-17)12(7-9)19-4/h5-7,11,17H,8,15H2,1-4H3,(H,16,18). The Morgan fingerprint density at radius 1 is 1.45 bits per heavy atom. The number of hydrogen-bond acceptors (Lipinski definition) is 5. The molecule has 0 aliphatic carbocycles. The Bertz CT molecular complexity index is 469. The average Bonchev–Trinajstić information content (AvgIpc) is 2.35. The van der Waals surface area contributed by atoms with E-state index in [-0.39, 0.29) is 6.61 Å². The molecular formula is C14H22N2O4. The van der Waals surface area contributed by atoms with Crippen molar-refractivity contribution in [3.05, 3.63) is 23.8 Å². The summed E-state index contributed by atoms with van der Waals surface area (Å²) in [5, 5.41) is 11.7. The number of ether oxygens (including phenoxy) is 2. The molecule has 0 saturated heterocycles. The molecule has 1 atom stereocenters. The van der Waals surface area contributed by atoms with Crippen molar-refractivity contribution in [1.82, 2.24) is 0 Å². The van der Waals surface area contributed by atoms with E-state index < -0.39 is 17.7 Å². The molecule has 112 valence electrons. The van der Waals surface area contributed by atoms with Crippen molar-refractivity contribution < 1.29 is 19.4 Å². The number of anilines is 1. The molecule has 4 N–H and O–H groups in total. The van der Waals surface area contributed by atoms with Gasteiger partial charge in [0, 0.05) is 17.3 Å². The molecule has 1 unspecified atom stereocenters. The van der Waals surface area contributed by atoms with Gasteiger partial charge in [0.05, 0.1) is 19.8 Å². The minimum Gasteiger partial charge on any atom is -0.496 e. The summed E-state index contributed by atoms with van der Waals surface area (Å²) in [6.45, 7) is 5.18. The zero-order valence-corrected chi connectivity index (χ0v) is 12.3. The summed E-state index contributed by atoms with van der Waals surface area (Å²) in [5.74, 6) is 0.500. The lowest BCUT2D eigenvalue weighted by Gasteiger charge is -2.20. The number of hydrogen-bond donors (Lipinski definition) is 3. The highest BCUT2D eigenvalue weighted by Gasteiger charge is 2.17. The molecule has 0 saturated carbocycles. The second-order valence-corrected chi connectivity index (χ2v) is 5.37. The van der Waals surface area contributed by atoms with Gasteiger partial charge in [-0.3, -0.25) is 5.32 Å². The fourth-order valence-corrected chi connectivity index (χ4v) is 1.62. The topological polar surface area (TPSA) is 93.8 Å². The van der Waals surface area contributed by atoms with Crippen molar-refractivity contribution in [3.8, 4) is 5.75 Å². The Labute approximate surface area is 118 Å². The van der Waals surface area contributed by atoms with Gasteiger partial charge in [0.2, 0.25) is 0 Å². The fourth-order valence-electron chi connectivity index (χ4n) is 1.62. The molecule has 6 heteroatoms. The third-order valence-electron chi connectivity index (χ3n) is 2.47. The van der Waals surface area contributed by atoms with Gasteiger partial charge in [-0.15, -0.1) is 0 Å². The van der Waals surface area contributed by atoms with E-state index in [0.717, 1.165) is 0 Å². The van der Waals surface area contributed by atoms with Crippen LogP contribution in [0, 0.1) is 0 Å². The fraction of sp³-hybridized carbons (Fsp3) is 0.500. The number of nitrogens with one attached hydrogen (secondary N) is 1. The minimum absolute atomic E-state index is 0.185. The van der Waals surface area contributed by atoms with Gasteiger partial charge in [-0.05, 0) is 26.8 Å². The molecule has 1 amide bonds. The van der Waals surface area contributed by atoms with Crippen LogP contribution in [0.2, 0.25) is 0 Å². The Kier molecular flexibility index (Phi) is 5.35. The van der Waals surface area contributed by atoms with Crippen LogP contribution in [-0.4, -0.2) is 30.5 Å². The largest absolute Gasteiger partial charge is 0.496 e. The lowest BCUT2D eigenvalue weighted by molar-refractivity contribution is 0.0636. The zero-order valence-electron chi connectivity index (χ0n) is 12.3. The average molecular weight is 282 g/mol. The van der Waals surface area contributed by atoms with Crippen LogP contribution in [0.5, 0.6) is 5.75 Å². The molecule has 0 radical (unpaired) electrons. The molecule has 1 aromatic rings. The van der Waals surface area contributed by atoms with Gasteiger partial charge < -0.3 is 20.3 Å². The smallest absolute Gasteiger partial charge is 0.412 e. The summed E-state index contributed by atoms with van der Waals surface area (Å²) in [7, 11) is 1.50. The molecule has 20 heavy (non-hydrogen) atoms. The lowest BCUT2D eigenvalue weighted by atomic mass is 10.1. The summed E-state index contributed by atoms with van der Waals surface area (Å²) >= 11 is 0. The molecule has 1 rings (SSSR count).